The van der Waals surface area contributed by atoms with Gasteiger partial charge < -0.3 is 39.7 Å². The average Bonchev–Trinajstić information content (AvgIpc) is 3.60. The third-order valence-corrected chi connectivity index (χ3v) is 9.75. The first kappa shape index (κ1) is 37.6. The van der Waals surface area contributed by atoms with Crippen LogP contribution in [0.15, 0.2) is 67.0 Å². The van der Waals surface area contributed by atoms with Crippen molar-refractivity contribution in [1.82, 2.24) is 24.8 Å². The quantitative estimate of drug-likeness (QED) is 0.178. The van der Waals surface area contributed by atoms with Crippen LogP contribution in [0.3, 0.4) is 0 Å². The normalized spacial score (nSPS) is 16.9. The average molecular weight is 748 g/mol. The number of ether oxygens (including phenoxy) is 2. The van der Waals surface area contributed by atoms with Gasteiger partial charge in [-0.1, -0.05) is 29.5 Å². The Kier molecular flexibility index (Phi) is 11.5. The number of nitrogens with zero attached hydrogens (tertiary/aromatic N) is 7. The number of carbonyl (C=O) groups excluding carboxylic acids is 2. The third-order valence-electron chi connectivity index (χ3n) is 8.84. The topological polar surface area (TPSA) is 128 Å². The molecule has 2 aliphatic heterocycles. The molecule has 1 unspecified atom stereocenters. The summed E-state index contributed by atoms with van der Waals surface area (Å²) in [5, 5.41) is 6.08. The van der Waals surface area contributed by atoms with Crippen molar-refractivity contribution in [1.29, 1.82) is 0 Å². The number of amides is 2. The van der Waals surface area contributed by atoms with Gasteiger partial charge in [0.2, 0.25) is 5.91 Å². The summed E-state index contributed by atoms with van der Waals surface area (Å²) in [5.74, 6) is 0.377. The van der Waals surface area contributed by atoms with Crippen LogP contribution in [0.1, 0.15) is 16.6 Å². The molecule has 5 heterocycles. The molecule has 280 valence electrons. The van der Waals surface area contributed by atoms with Gasteiger partial charge in [-0.2, -0.15) is 0 Å². The van der Waals surface area contributed by atoms with Crippen molar-refractivity contribution in [2.75, 3.05) is 94.6 Å². The van der Waals surface area contributed by atoms with Gasteiger partial charge in [0, 0.05) is 51.1 Å². The number of carbonyl (C=O) groups is 2. The Hall–Kier alpha value is -5.19. The van der Waals surface area contributed by atoms with Gasteiger partial charge in [-0.3, -0.25) is 9.59 Å². The number of hydrogen-bond donors (Lipinski definition) is 2. The zero-order valence-electron chi connectivity index (χ0n) is 30.3. The number of alkyl halides is 1. The third kappa shape index (κ3) is 8.89. The number of hydrogen-bond acceptors (Lipinski definition) is 12. The fourth-order valence-electron chi connectivity index (χ4n) is 6.25. The maximum Gasteiger partial charge on any atom is 0.267 e. The first-order valence-electron chi connectivity index (χ1n) is 17.1. The number of rotatable bonds is 13. The van der Waals surface area contributed by atoms with Crippen molar-refractivity contribution in [3.05, 3.63) is 77.7 Å². The van der Waals surface area contributed by atoms with Crippen molar-refractivity contribution < 1.29 is 27.8 Å². The highest BCUT2D eigenvalue weighted by molar-refractivity contribution is 7.17. The highest BCUT2D eigenvalue weighted by Crippen LogP contribution is 2.40. The molecule has 0 radical (unpaired) electrons. The molecule has 0 spiro atoms. The molecule has 2 aliphatic rings. The van der Waals surface area contributed by atoms with Crippen molar-refractivity contribution in [2.24, 2.45) is 0 Å². The van der Waals surface area contributed by atoms with E-state index >= 15 is 0 Å². The van der Waals surface area contributed by atoms with Crippen LogP contribution in [0.5, 0.6) is 5.75 Å². The molecule has 2 amide bonds. The van der Waals surface area contributed by atoms with E-state index < -0.39 is 17.4 Å². The van der Waals surface area contributed by atoms with E-state index in [0.29, 0.717) is 66.6 Å². The first-order chi connectivity index (χ1) is 25.4. The van der Waals surface area contributed by atoms with E-state index in [-0.39, 0.29) is 35.6 Å². The van der Waals surface area contributed by atoms with Gasteiger partial charge in [0.1, 0.15) is 16.4 Å². The van der Waals surface area contributed by atoms with Crippen LogP contribution in [0.2, 0.25) is 0 Å². The van der Waals surface area contributed by atoms with E-state index in [9.17, 15) is 18.4 Å². The molecule has 0 saturated carbocycles. The van der Waals surface area contributed by atoms with Gasteiger partial charge in [0.15, 0.2) is 22.5 Å². The van der Waals surface area contributed by atoms with Crippen LogP contribution >= 0.6 is 11.3 Å². The first-order valence-corrected chi connectivity index (χ1v) is 17.9. The highest BCUT2D eigenvalue weighted by atomic mass is 32.1. The summed E-state index contributed by atoms with van der Waals surface area (Å²) in [4.78, 5) is 48.1. The number of thiazole rings is 1. The zero-order chi connectivity index (χ0) is 37.7. The Balaban J connectivity index is 1.25. The van der Waals surface area contributed by atoms with E-state index in [1.165, 1.54) is 25.4 Å². The standard InChI is InChI=1S/C37H43F2N9O4S/c1-37(39)22-47(23-37)29-17-24(18-40-34(29)48-16-15-46(20-25(48)21-51-4)32(49)11-8-14-45(2)3)27-12-13-30(52-5)33(42-27)44-36-41-19-31(53-36)35(50)43-28-10-7-6-9-26(28)38/h6-13,17-19,25H,14-16,20-23H2,1-5H3,(H,43,50)(H,41,42,44)/b11-8+. The number of methoxy groups -OCH3 is 2. The van der Waals surface area contributed by atoms with Crippen LogP contribution in [0.25, 0.3) is 11.3 Å². The van der Waals surface area contributed by atoms with Crippen LogP contribution in [-0.4, -0.2) is 122 Å². The second-order valence-electron chi connectivity index (χ2n) is 13.4. The fourth-order valence-corrected chi connectivity index (χ4v) is 6.96. The lowest BCUT2D eigenvalue weighted by Gasteiger charge is -2.47. The van der Waals surface area contributed by atoms with Crippen LogP contribution < -0.4 is 25.2 Å². The van der Waals surface area contributed by atoms with E-state index in [2.05, 4.69) is 20.5 Å². The molecule has 6 rings (SSSR count). The number of aromatic nitrogens is 3. The zero-order valence-corrected chi connectivity index (χ0v) is 31.1. The second kappa shape index (κ2) is 16.2. The van der Waals surface area contributed by atoms with Gasteiger partial charge in [0.25, 0.3) is 5.91 Å². The molecule has 0 bridgehead atoms. The maximum absolute atomic E-state index is 14.9. The summed E-state index contributed by atoms with van der Waals surface area (Å²) < 4.78 is 40.2. The Morgan fingerprint density at radius 3 is 2.62 bits per heavy atom. The Labute approximate surface area is 311 Å². The number of halogens is 2. The van der Waals surface area contributed by atoms with Gasteiger partial charge in [0.05, 0.1) is 56.1 Å². The number of benzene rings is 1. The summed E-state index contributed by atoms with van der Waals surface area (Å²) in [6, 6.07) is 11.3. The minimum Gasteiger partial charge on any atom is -0.493 e. The predicted molar refractivity (Wildman–Crippen MR) is 203 cm³/mol. The highest BCUT2D eigenvalue weighted by Gasteiger charge is 2.41. The molecular formula is C37H43F2N9O4S. The van der Waals surface area contributed by atoms with E-state index in [4.69, 9.17) is 19.4 Å². The molecule has 1 aromatic carbocycles. The van der Waals surface area contributed by atoms with Gasteiger partial charge >= 0.3 is 0 Å². The summed E-state index contributed by atoms with van der Waals surface area (Å²) in [6.07, 6.45) is 6.59. The number of anilines is 5. The van der Waals surface area contributed by atoms with Crippen LogP contribution in [0.4, 0.5) is 36.9 Å². The summed E-state index contributed by atoms with van der Waals surface area (Å²) in [5.41, 5.74) is 0.743. The number of para-hydroxylation sites is 1. The number of likely N-dealkylation sites (N-methyl/N-ethyl adjacent to an activating group) is 1. The molecule has 2 N–H and O–H groups in total. The molecule has 2 saturated heterocycles. The van der Waals surface area contributed by atoms with E-state index in [1.54, 1.807) is 50.6 Å². The van der Waals surface area contributed by atoms with Gasteiger partial charge in [-0.15, -0.1) is 0 Å². The predicted octanol–water partition coefficient (Wildman–Crippen LogP) is 5.07. The van der Waals surface area contributed by atoms with Crippen LogP contribution in [-0.2, 0) is 9.53 Å². The minimum absolute atomic E-state index is 0.0538. The molecule has 13 nitrogen and oxygen atoms in total. The Morgan fingerprint density at radius 2 is 1.91 bits per heavy atom. The SMILES string of the molecule is COCC1CN(C(=O)/C=C/CN(C)C)CCN1c1ncc(-c2ccc(OC)c(Nc3ncc(C(=O)Nc4ccccc4F)s3)n2)cc1N1CC(C)(F)C1. The van der Waals surface area contributed by atoms with Crippen molar-refractivity contribution >= 4 is 51.3 Å². The van der Waals surface area contributed by atoms with Gasteiger partial charge in [-0.25, -0.2) is 23.7 Å². The second-order valence-corrected chi connectivity index (χ2v) is 14.5. The summed E-state index contributed by atoms with van der Waals surface area (Å²) in [7, 11) is 7.04. The Morgan fingerprint density at radius 1 is 1.11 bits per heavy atom. The smallest absolute Gasteiger partial charge is 0.267 e. The largest absolute Gasteiger partial charge is 0.493 e. The van der Waals surface area contributed by atoms with E-state index in [1.807, 2.05) is 40.9 Å². The number of pyridine rings is 2. The minimum atomic E-state index is -1.34. The van der Waals surface area contributed by atoms with E-state index in [0.717, 1.165) is 17.0 Å². The number of nitrogens with one attached hydrogen (secondary N) is 2. The lowest BCUT2D eigenvalue weighted by atomic mass is 9.97. The number of piperazine rings is 1. The van der Waals surface area contributed by atoms with Crippen LogP contribution in [0, 0.1) is 5.82 Å². The van der Waals surface area contributed by atoms with Crippen molar-refractivity contribution in [2.45, 2.75) is 18.6 Å². The van der Waals surface area contributed by atoms with Crippen molar-refractivity contribution in [3.8, 4) is 17.0 Å². The lowest BCUT2D eigenvalue weighted by Crippen LogP contribution is -2.59. The molecule has 2 fully saturated rings. The molecular weight excluding hydrogens is 705 g/mol. The van der Waals surface area contributed by atoms with Gasteiger partial charge in [-0.05, 0) is 51.4 Å². The van der Waals surface area contributed by atoms with Crippen molar-refractivity contribution in [3.63, 3.8) is 0 Å². The maximum atomic E-state index is 14.9. The lowest BCUT2D eigenvalue weighted by molar-refractivity contribution is -0.127. The molecule has 0 aliphatic carbocycles. The molecule has 4 aromatic rings. The monoisotopic (exact) mass is 747 g/mol. The molecule has 16 heteroatoms. The molecule has 3 aromatic heterocycles. The summed E-state index contributed by atoms with van der Waals surface area (Å²) in [6.45, 7) is 4.48. The molecule has 53 heavy (non-hydrogen) atoms. The fraction of sp³-hybridized carbons (Fsp3) is 0.378. The summed E-state index contributed by atoms with van der Waals surface area (Å²) >= 11 is 1.07. The Bertz CT molecular complexity index is 1970. The molecule has 1 atom stereocenters.